The van der Waals surface area contributed by atoms with Crippen molar-refractivity contribution in [1.29, 1.82) is 0 Å². The first-order valence-corrected chi connectivity index (χ1v) is 7.07. The summed E-state index contributed by atoms with van der Waals surface area (Å²) in [5, 5.41) is 13.7. The van der Waals surface area contributed by atoms with Gasteiger partial charge in [-0.1, -0.05) is 11.6 Å². The first-order chi connectivity index (χ1) is 10.1. The van der Waals surface area contributed by atoms with Gasteiger partial charge in [-0.3, -0.25) is 4.98 Å². The summed E-state index contributed by atoms with van der Waals surface area (Å²) in [7, 11) is 1.62. The van der Waals surface area contributed by atoms with Crippen molar-refractivity contribution in [2.24, 2.45) is 0 Å². The van der Waals surface area contributed by atoms with E-state index in [0.29, 0.717) is 12.3 Å². The van der Waals surface area contributed by atoms with Gasteiger partial charge in [0, 0.05) is 30.5 Å². The predicted molar refractivity (Wildman–Crippen MR) is 83.3 cm³/mol. The van der Waals surface area contributed by atoms with Crippen LogP contribution in [0, 0.1) is 6.92 Å². The fourth-order valence-corrected chi connectivity index (χ4v) is 2.28. The van der Waals surface area contributed by atoms with Crippen LogP contribution >= 0.6 is 0 Å². The Balaban J connectivity index is 2.02. The third-order valence-corrected chi connectivity index (χ3v) is 3.57. The van der Waals surface area contributed by atoms with Crippen LogP contribution in [0.5, 0.6) is 5.75 Å². The van der Waals surface area contributed by atoms with E-state index in [1.807, 2.05) is 37.3 Å². The van der Waals surface area contributed by atoms with Crippen molar-refractivity contribution in [3.05, 3.63) is 59.4 Å². The number of nitrogens with one attached hydrogen (secondary N) is 1. The Kier molecular flexibility index (Phi) is 5.31. The van der Waals surface area contributed by atoms with Gasteiger partial charge in [0.25, 0.3) is 0 Å². The lowest BCUT2D eigenvalue weighted by molar-refractivity contribution is 0.166. The molecule has 0 saturated carbocycles. The summed E-state index contributed by atoms with van der Waals surface area (Å²) in [5.41, 5.74) is 3.06. The van der Waals surface area contributed by atoms with Crippen molar-refractivity contribution in [2.45, 2.75) is 26.0 Å². The molecule has 2 unspecified atom stereocenters. The molecule has 0 saturated heterocycles. The van der Waals surface area contributed by atoms with Crippen LogP contribution < -0.4 is 10.1 Å². The molecule has 0 amide bonds. The molecule has 1 heterocycles. The molecule has 0 fully saturated rings. The average molecular weight is 286 g/mol. The number of methoxy groups -OCH3 is 1. The van der Waals surface area contributed by atoms with Gasteiger partial charge < -0.3 is 15.2 Å². The van der Waals surface area contributed by atoms with Crippen LogP contribution in [0.3, 0.4) is 0 Å². The minimum Gasteiger partial charge on any atom is -0.496 e. The largest absolute Gasteiger partial charge is 0.496 e. The molecule has 0 aliphatic carbocycles. The third-order valence-electron chi connectivity index (χ3n) is 3.57. The van der Waals surface area contributed by atoms with Crippen molar-refractivity contribution >= 4 is 0 Å². The fraction of sp³-hybridized carbons (Fsp3) is 0.353. The van der Waals surface area contributed by atoms with E-state index in [-0.39, 0.29) is 6.04 Å². The molecule has 1 aromatic heterocycles. The Labute approximate surface area is 125 Å². The molecule has 112 valence electrons. The summed E-state index contributed by atoms with van der Waals surface area (Å²) < 4.78 is 5.32. The van der Waals surface area contributed by atoms with E-state index in [4.69, 9.17) is 4.74 Å². The molecule has 2 N–H and O–H groups in total. The quantitative estimate of drug-likeness (QED) is 0.857. The molecule has 1 aromatic carbocycles. The number of ether oxygens (including phenoxy) is 1. The minimum absolute atomic E-state index is 0.151. The van der Waals surface area contributed by atoms with Gasteiger partial charge in [0.2, 0.25) is 0 Å². The summed E-state index contributed by atoms with van der Waals surface area (Å²) in [6.45, 7) is 4.53. The highest BCUT2D eigenvalue weighted by molar-refractivity contribution is 5.38. The molecular formula is C17H22N2O2. The van der Waals surface area contributed by atoms with Crippen LogP contribution in [-0.2, 0) is 0 Å². The van der Waals surface area contributed by atoms with E-state index in [1.54, 1.807) is 19.5 Å². The monoisotopic (exact) mass is 286 g/mol. The van der Waals surface area contributed by atoms with Gasteiger partial charge in [-0.05, 0) is 43.7 Å². The molecule has 0 spiro atoms. The highest BCUT2D eigenvalue weighted by atomic mass is 16.5. The zero-order valence-corrected chi connectivity index (χ0v) is 12.7. The number of nitrogens with zero attached hydrogens (tertiary/aromatic N) is 1. The van der Waals surface area contributed by atoms with Crippen LogP contribution in [0.25, 0.3) is 0 Å². The molecule has 2 atom stereocenters. The van der Waals surface area contributed by atoms with Gasteiger partial charge in [-0.25, -0.2) is 0 Å². The minimum atomic E-state index is -0.607. The summed E-state index contributed by atoms with van der Waals surface area (Å²) in [5.74, 6) is 0.714. The Morgan fingerprint density at radius 1 is 1.24 bits per heavy atom. The fourth-order valence-electron chi connectivity index (χ4n) is 2.28. The number of aliphatic hydroxyl groups is 1. The number of aromatic nitrogens is 1. The van der Waals surface area contributed by atoms with Crippen molar-refractivity contribution in [2.75, 3.05) is 13.7 Å². The molecule has 0 bridgehead atoms. The van der Waals surface area contributed by atoms with Gasteiger partial charge in [0.1, 0.15) is 5.75 Å². The number of hydrogen-bond acceptors (Lipinski definition) is 4. The summed E-state index contributed by atoms with van der Waals surface area (Å²) in [4.78, 5) is 4.01. The van der Waals surface area contributed by atoms with Crippen LogP contribution in [0.4, 0.5) is 0 Å². The second-order valence-electron chi connectivity index (χ2n) is 5.17. The molecule has 0 aliphatic heterocycles. The maximum atomic E-state index is 10.4. The van der Waals surface area contributed by atoms with E-state index in [0.717, 1.165) is 16.7 Å². The lowest BCUT2D eigenvalue weighted by Gasteiger charge is -2.19. The third kappa shape index (κ3) is 4.03. The van der Waals surface area contributed by atoms with E-state index in [1.165, 1.54) is 0 Å². The number of hydrogen-bond donors (Lipinski definition) is 2. The van der Waals surface area contributed by atoms with E-state index >= 15 is 0 Å². The van der Waals surface area contributed by atoms with Crippen LogP contribution in [0.1, 0.15) is 35.8 Å². The van der Waals surface area contributed by atoms with Crippen LogP contribution in [0.2, 0.25) is 0 Å². The SMILES string of the molecule is COc1ccc(C)cc1C(O)CNC(C)c1ccncc1. The average Bonchev–Trinajstić information content (AvgIpc) is 2.53. The zero-order valence-electron chi connectivity index (χ0n) is 12.7. The van der Waals surface area contributed by atoms with Gasteiger partial charge >= 0.3 is 0 Å². The summed E-state index contributed by atoms with van der Waals surface area (Å²) in [6.07, 6.45) is 2.94. The second kappa shape index (κ2) is 7.20. The maximum absolute atomic E-state index is 10.4. The van der Waals surface area contributed by atoms with Crippen LogP contribution in [0.15, 0.2) is 42.7 Å². The lowest BCUT2D eigenvalue weighted by Crippen LogP contribution is -2.25. The van der Waals surface area contributed by atoms with Crippen molar-refractivity contribution in [3.63, 3.8) is 0 Å². The van der Waals surface area contributed by atoms with Crippen molar-refractivity contribution < 1.29 is 9.84 Å². The van der Waals surface area contributed by atoms with E-state index < -0.39 is 6.10 Å². The predicted octanol–water partition coefficient (Wildman–Crippen LogP) is 2.78. The second-order valence-corrected chi connectivity index (χ2v) is 5.17. The standard InChI is InChI=1S/C17H22N2O2/c1-12-4-5-17(21-3)15(10-12)16(20)11-19-13(2)14-6-8-18-9-7-14/h4-10,13,16,19-20H,11H2,1-3H3. The first-order valence-electron chi connectivity index (χ1n) is 7.07. The van der Waals surface area contributed by atoms with E-state index in [2.05, 4.69) is 17.2 Å². The molecule has 4 heteroatoms. The van der Waals surface area contributed by atoms with Gasteiger partial charge in [0.15, 0.2) is 0 Å². The lowest BCUT2D eigenvalue weighted by atomic mass is 10.0. The molecule has 2 aromatic rings. The normalized spacial score (nSPS) is 13.7. The van der Waals surface area contributed by atoms with Crippen LogP contribution in [-0.4, -0.2) is 23.7 Å². The molecule has 4 nitrogen and oxygen atoms in total. The molecule has 0 radical (unpaired) electrons. The Bertz CT molecular complexity index is 572. The Hall–Kier alpha value is -1.91. The van der Waals surface area contributed by atoms with E-state index in [9.17, 15) is 5.11 Å². The number of aliphatic hydroxyl groups excluding tert-OH is 1. The maximum Gasteiger partial charge on any atom is 0.124 e. The zero-order chi connectivity index (χ0) is 15.2. The Morgan fingerprint density at radius 2 is 1.95 bits per heavy atom. The Morgan fingerprint density at radius 3 is 2.62 bits per heavy atom. The molecule has 0 aliphatic rings. The highest BCUT2D eigenvalue weighted by Gasteiger charge is 2.15. The van der Waals surface area contributed by atoms with Gasteiger partial charge in [-0.2, -0.15) is 0 Å². The number of benzene rings is 1. The topological polar surface area (TPSA) is 54.4 Å². The van der Waals surface area contributed by atoms with Gasteiger partial charge in [-0.15, -0.1) is 0 Å². The summed E-state index contributed by atoms with van der Waals surface area (Å²) in [6, 6.07) is 9.91. The number of aryl methyl sites for hydroxylation is 1. The molecule has 2 rings (SSSR count). The molecule has 21 heavy (non-hydrogen) atoms. The van der Waals surface area contributed by atoms with Gasteiger partial charge in [0.05, 0.1) is 13.2 Å². The first kappa shape index (κ1) is 15.5. The number of rotatable bonds is 6. The summed E-state index contributed by atoms with van der Waals surface area (Å²) >= 11 is 0. The highest BCUT2D eigenvalue weighted by Crippen LogP contribution is 2.26. The molecular weight excluding hydrogens is 264 g/mol. The number of pyridine rings is 1. The van der Waals surface area contributed by atoms with Crippen molar-refractivity contribution in [1.82, 2.24) is 10.3 Å². The van der Waals surface area contributed by atoms with Crippen molar-refractivity contribution in [3.8, 4) is 5.75 Å². The smallest absolute Gasteiger partial charge is 0.124 e.